The van der Waals surface area contributed by atoms with Crippen molar-refractivity contribution in [2.24, 2.45) is 0 Å². The van der Waals surface area contributed by atoms with Crippen molar-refractivity contribution in [1.82, 2.24) is 0 Å². The summed E-state index contributed by atoms with van der Waals surface area (Å²) in [7, 11) is 0. The van der Waals surface area contributed by atoms with Crippen LogP contribution in [0.15, 0.2) is 117 Å². The van der Waals surface area contributed by atoms with Gasteiger partial charge in [-0.1, -0.05) is 99.7 Å². The van der Waals surface area contributed by atoms with E-state index >= 15 is 0 Å². The van der Waals surface area contributed by atoms with E-state index in [1.807, 2.05) is 18.7 Å². The van der Waals surface area contributed by atoms with Gasteiger partial charge in [-0.3, -0.25) is 0 Å². The minimum Gasteiger partial charge on any atom is -0.378 e. The minimum absolute atomic E-state index is 0.455. The maximum Gasteiger partial charge on any atom is 0.0649 e. The van der Waals surface area contributed by atoms with E-state index < -0.39 is 0 Å². The Balaban J connectivity index is 2.65. The third kappa shape index (κ3) is 23.7. The van der Waals surface area contributed by atoms with Crippen LogP contribution >= 0.6 is 11.8 Å². The van der Waals surface area contributed by atoms with Gasteiger partial charge in [0.05, 0.1) is 6.61 Å². The molecule has 45 heavy (non-hydrogen) atoms. The molecule has 0 aromatic heterocycles. The number of benzene rings is 1. The lowest BCUT2D eigenvalue weighted by Gasteiger charge is -2.15. The Morgan fingerprint density at radius 2 is 1.02 bits per heavy atom. The summed E-state index contributed by atoms with van der Waals surface area (Å²) in [5.41, 5.74) is 10.4. The van der Waals surface area contributed by atoms with Gasteiger partial charge in [-0.15, -0.1) is 11.8 Å². The minimum atomic E-state index is 0.455. The fraction of sp³-hybridized carbons (Fsp3) is 0.535. The first-order valence-corrected chi connectivity index (χ1v) is 18.3. The summed E-state index contributed by atoms with van der Waals surface area (Å²) >= 11 is 2.00. The quantitative estimate of drug-likeness (QED) is 0.0676. The van der Waals surface area contributed by atoms with E-state index in [0.29, 0.717) is 5.25 Å². The van der Waals surface area contributed by atoms with Gasteiger partial charge in [0.25, 0.3) is 0 Å². The molecule has 250 valence electrons. The lowest BCUT2D eigenvalue weighted by Crippen LogP contribution is -2.01. The van der Waals surface area contributed by atoms with Crippen LogP contribution in [-0.2, 0) is 4.74 Å². The normalized spacial score (nSPS) is 14.6. The zero-order valence-corrected chi connectivity index (χ0v) is 31.3. The molecule has 0 bridgehead atoms. The van der Waals surface area contributed by atoms with Gasteiger partial charge in [0.2, 0.25) is 0 Å². The molecular formula is C43H66OS. The largest absolute Gasteiger partial charge is 0.378 e. The Morgan fingerprint density at radius 3 is 1.51 bits per heavy atom. The molecule has 0 radical (unpaired) electrons. The van der Waals surface area contributed by atoms with Crippen LogP contribution in [0.3, 0.4) is 0 Å². The van der Waals surface area contributed by atoms with E-state index in [1.165, 1.54) is 56.7 Å². The molecular weight excluding hydrogens is 565 g/mol. The summed E-state index contributed by atoms with van der Waals surface area (Å²) in [5, 5.41) is 0.455. The smallest absolute Gasteiger partial charge is 0.0649 e. The number of ether oxygens (including phenoxy) is 1. The molecule has 1 nitrogen and oxygen atoms in total. The fourth-order valence-corrected chi connectivity index (χ4v) is 6.42. The van der Waals surface area contributed by atoms with Gasteiger partial charge in [0.1, 0.15) is 0 Å². The molecule has 1 aromatic rings. The summed E-state index contributed by atoms with van der Waals surface area (Å²) in [6.07, 6.45) is 29.4. The molecule has 1 unspecified atom stereocenters. The predicted molar refractivity (Wildman–Crippen MR) is 205 cm³/mol. The van der Waals surface area contributed by atoms with Crippen LogP contribution < -0.4 is 0 Å². The first-order valence-electron chi connectivity index (χ1n) is 17.5. The highest BCUT2D eigenvalue weighted by Gasteiger charge is 2.10. The van der Waals surface area contributed by atoms with Crippen molar-refractivity contribution >= 4 is 11.8 Å². The van der Waals surface area contributed by atoms with Crippen LogP contribution in [0.2, 0.25) is 0 Å². The molecule has 0 spiro atoms. The molecule has 0 aliphatic rings. The highest BCUT2D eigenvalue weighted by atomic mass is 32.2. The second-order valence-electron chi connectivity index (χ2n) is 13.1. The van der Waals surface area contributed by atoms with Crippen LogP contribution in [0.25, 0.3) is 0 Å². The van der Waals surface area contributed by atoms with Crippen molar-refractivity contribution in [3.05, 3.63) is 112 Å². The van der Waals surface area contributed by atoms with Gasteiger partial charge in [-0.2, -0.15) is 0 Å². The Labute approximate surface area is 283 Å². The Hall–Kier alpha value is -2.29. The summed E-state index contributed by atoms with van der Waals surface area (Å²) in [4.78, 5) is 1.35. The molecule has 0 N–H and O–H groups in total. The first kappa shape index (κ1) is 40.7. The monoisotopic (exact) mass is 630 g/mol. The Bertz CT molecular complexity index is 1150. The average Bonchev–Trinajstić information content (AvgIpc) is 2.97. The van der Waals surface area contributed by atoms with Crippen LogP contribution in [0.1, 0.15) is 133 Å². The number of rotatable bonds is 23. The van der Waals surface area contributed by atoms with Crippen molar-refractivity contribution in [3.8, 4) is 0 Å². The van der Waals surface area contributed by atoms with Gasteiger partial charge < -0.3 is 4.74 Å². The molecule has 0 saturated carbocycles. The highest BCUT2D eigenvalue weighted by molar-refractivity contribution is 8.00. The van der Waals surface area contributed by atoms with Crippen molar-refractivity contribution in [2.75, 3.05) is 13.2 Å². The van der Waals surface area contributed by atoms with Crippen molar-refractivity contribution < 1.29 is 4.74 Å². The highest BCUT2D eigenvalue weighted by Crippen LogP contribution is 2.30. The van der Waals surface area contributed by atoms with Crippen molar-refractivity contribution in [1.29, 1.82) is 0 Å². The molecule has 0 aliphatic carbocycles. The van der Waals surface area contributed by atoms with E-state index in [9.17, 15) is 0 Å². The van der Waals surface area contributed by atoms with E-state index in [0.717, 1.165) is 71.0 Å². The van der Waals surface area contributed by atoms with Crippen LogP contribution in [0.5, 0.6) is 0 Å². The van der Waals surface area contributed by atoms with Gasteiger partial charge in [-0.25, -0.2) is 0 Å². The standard InChI is InChI=1S/C43H66OS/c1-10-44-32-31-39(7)26-16-23-38(6)25-18-28-41(9)34-43(45-42-29-12-11-13-30-42)33-40(8)27-17-24-37(5)22-15-21-36(4)20-14-19-35(2)3/h11-13,19,21,23-24,28-31,33,43H,10,14-18,20,22,25-27,32,34H2,1-9H3/b36-21+,37-24+,38-23+,39-31+,40-33+,41-28+. The lowest BCUT2D eigenvalue weighted by atomic mass is 10.0. The number of hydrogen-bond donors (Lipinski definition) is 0. The van der Waals surface area contributed by atoms with Gasteiger partial charge >= 0.3 is 0 Å². The number of hydrogen-bond acceptors (Lipinski definition) is 2. The summed E-state index contributed by atoms with van der Waals surface area (Å²) < 4.78 is 5.44. The Morgan fingerprint density at radius 1 is 0.578 bits per heavy atom. The average molecular weight is 631 g/mol. The second-order valence-corrected chi connectivity index (χ2v) is 14.4. The van der Waals surface area contributed by atoms with Gasteiger partial charge in [0, 0.05) is 16.8 Å². The predicted octanol–water partition coefficient (Wildman–Crippen LogP) is 14.1. The molecule has 0 heterocycles. The molecule has 0 saturated heterocycles. The van der Waals surface area contributed by atoms with Crippen LogP contribution in [-0.4, -0.2) is 18.5 Å². The fourth-order valence-electron chi connectivity index (χ4n) is 5.11. The molecule has 0 aliphatic heterocycles. The van der Waals surface area contributed by atoms with E-state index in [-0.39, 0.29) is 0 Å². The summed E-state index contributed by atoms with van der Waals surface area (Å²) in [5.74, 6) is 0. The van der Waals surface area contributed by atoms with Crippen LogP contribution in [0.4, 0.5) is 0 Å². The van der Waals surface area contributed by atoms with E-state index in [2.05, 4.69) is 128 Å². The lowest BCUT2D eigenvalue weighted by molar-refractivity contribution is 0.177. The molecule has 1 aromatic carbocycles. The molecule has 0 amide bonds. The molecule has 1 rings (SSSR count). The summed E-state index contributed by atoms with van der Waals surface area (Å²) in [6, 6.07) is 10.9. The molecule has 0 fully saturated rings. The number of thioether (sulfide) groups is 1. The van der Waals surface area contributed by atoms with Crippen LogP contribution in [0, 0.1) is 0 Å². The first-order chi connectivity index (χ1) is 21.6. The number of allylic oxidation sites excluding steroid dienone is 12. The summed E-state index contributed by atoms with van der Waals surface area (Å²) in [6.45, 7) is 21.6. The van der Waals surface area contributed by atoms with E-state index in [1.54, 1.807) is 0 Å². The third-order valence-electron chi connectivity index (χ3n) is 8.00. The zero-order valence-electron chi connectivity index (χ0n) is 30.5. The van der Waals surface area contributed by atoms with Crippen molar-refractivity contribution in [3.63, 3.8) is 0 Å². The third-order valence-corrected chi connectivity index (χ3v) is 9.14. The van der Waals surface area contributed by atoms with Crippen molar-refractivity contribution in [2.45, 2.75) is 143 Å². The van der Waals surface area contributed by atoms with E-state index in [4.69, 9.17) is 4.74 Å². The second kappa shape index (κ2) is 25.9. The zero-order chi connectivity index (χ0) is 33.3. The Kier molecular flexibility index (Phi) is 23.4. The molecule has 1 atom stereocenters. The van der Waals surface area contributed by atoms with Gasteiger partial charge in [-0.05, 0) is 145 Å². The van der Waals surface area contributed by atoms with Gasteiger partial charge in [0.15, 0.2) is 0 Å². The molecule has 2 heteroatoms. The maximum atomic E-state index is 5.44. The maximum absolute atomic E-state index is 5.44. The topological polar surface area (TPSA) is 9.23 Å². The SMILES string of the molecule is CCOC/C=C(\C)CC/C=C(\C)CC/C=C(\C)CC(/C=C(\C)CC/C=C(\C)CC/C=C(\C)CCC=C(C)C)Sc1ccccc1.